The minimum absolute atomic E-state index is 0.0185. The van der Waals surface area contributed by atoms with Crippen LogP contribution in [-0.4, -0.2) is 29.4 Å². The summed E-state index contributed by atoms with van der Waals surface area (Å²) in [6.07, 6.45) is 2.04. The van der Waals surface area contributed by atoms with Crippen LogP contribution in [0.2, 0.25) is 0 Å². The Morgan fingerprint density at radius 3 is 2.39 bits per heavy atom. The fraction of sp³-hybridized carbons (Fsp3) is 0.571. The van der Waals surface area contributed by atoms with E-state index in [1.165, 1.54) is 0 Å². The van der Waals surface area contributed by atoms with Gasteiger partial charge in [-0.15, -0.1) is 0 Å². The molecule has 0 bridgehead atoms. The third-order valence-corrected chi connectivity index (χ3v) is 3.74. The molecule has 0 heterocycles. The van der Waals surface area contributed by atoms with Gasteiger partial charge < -0.3 is 15.1 Å². The van der Waals surface area contributed by atoms with Gasteiger partial charge in [-0.25, -0.2) is 0 Å². The largest absolute Gasteiger partial charge is 0.395 e. The van der Waals surface area contributed by atoms with Crippen LogP contribution in [0, 0.1) is 0 Å². The van der Waals surface area contributed by atoms with Crippen molar-refractivity contribution in [3.63, 3.8) is 0 Å². The lowest BCUT2D eigenvalue weighted by Crippen LogP contribution is -2.37. The van der Waals surface area contributed by atoms with Crippen LogP contribution >= 0.6 is 15.9 Å². The second-order valence-corrected chi connectivity index (χ2v) is 5.23. The Morgan fingerprint density at radius 2 is 1.89 bits per heavy atom. The van der Waals surface area contributed by atoms with Crippen LogP contribution in [0.4, 0.5) is 5.69 Å². The van der Waals surface area contributed by atoms with Crippen molar-refractivity contribution in [2.75, 3.05) is 18.1 Å². The SMILES string of the molecule is CCC(CC)N(CCO)c1cc(Br)ccc1CO. The first-order chi connectivity index (χ1) is 8.67. The molecule has 18 heavy (non-hydrogen) atoms. The molecule has 0 saturated carbocycles. The van der Waals surface area contributed by atoms with Crippen molar-refractivity contribution in [2.24, 2.45) is 0 Å². The molecule has 0 aliphatic rings. The van der Waals surface area contributed by atoms with Crippen LogP contribution in [0.3, 0.4) is 0 Å². The first-order valence-electron chi connectivity index (χ1n) is 6.44. The number of hydrogen-bond acceptors (Lipinski definition) is 3. The molecule has 4 heteroatoms. The Morgan fingerprint density at radius 1 is 1.22 bits per heavy atom. The predicted molar refractivity (Wildman–Crippen MR) is 78.9 cm³/mol. The van der Waals surface area contributed by atoms with Gasteiger partial charge in [0.05, 0.1) is 13.2 Å². The summed E-state index contributed by atoms with van der Waals surface area (Å²) >= 11 is 3.47. The molecule has 3 nitrogen and oxygen atoms in total. The molecule has 102 valence electrons. The van der Waals surface area contributed by atoms with Crippen molar-refractivity contribution in [1.29, 1.82) is 0 Å². The van der Waals surface area contributed by atoms with Crippen molar-refractivity contribution in [3.05, 3.63) is 28.2 Å². The Kier molecular flexibility index (Phi) is 6.68. The Hall–Kier alpha value is -0.580. The lowest BCUT2D eigenvalue weighted by molar-refractivity contribution is 0.279. The summed E-state index contributed by atoms with van der Waals surface area (Å²) in [6.45, 7) is 5.03. The molecule has 0 saturated heterocycles. The van der Waals surface area contributed by atoms with E-state index in [2.05, 4.69) is 34.7 Å². The molecule has 0 aliphatic heterocycles. The van der Waals surface area contributed by atoms with Crippen molar-refractivity contribution in [3.8, 4) is 0 Å². The summed E-state index contributed by atoms with van der Waals surface area (Å²) in [7, 11) is 0. The summed E-state index contributed by atoms with van der Waals surface area (Å²) in [6, 6.07) is 6.25. The molecule has 1 aromatic carbocycles. The summed E-state index contributed by atoms with van der Waals surface area (Å²) < 4.78 is 0.989. The van der Waals surface area contributed by atoms with Gasteiger partial charge in [-0.2, -0.15) is 0 Å². The van der Waals surface area contributed by atoms with Crippen LogP contribution < -0.4 is 4.90 Å². The second kappa shape index (κ2) is 7.77. The number of aliphatic hydroxyl groups excluding tert-OH is 2. The van der Waals surface area contributed by atoms with Gasteiger partial charge in [0.15, 0.2) is 0 Å². The zero-order valence-electron chi connectivity index (χ0n) is 11.1. The average molecular weight is 316 g/mol. The average Bonchev–Trinajstić information content (AvgIpc) is 2.39. The molecule has 0 atom stereocenters. The van der Waals surface area contributed by atoms with Gasteiger partial charge >= 0.3 is 0 Å². The smallest absolute Gasteiger partial charge is 0.0702 e. The maximum atomic E-state index is 9.45. The molecule has 0 fully saturated rings. The van der Waals surface area contributed by atoms with Crippen molar-refractivity contribution in [1.82, 2.24) is 0 Å². The highest BCUT2D eigenvalue weighted by atomic mass is 79.9. The second-order valence-electron chi connectivity index (χ2n) is 4.32. The van der Waals surface area contributed by atoms with Gasteiger partial charge in [0.1, 0.15) is 0 Å². The van der Waals surface area contributed by atoms with Crippen molar-refractivity contribution < 1.29 is 10.2 Å². The van der Waals surface area contributed by atoms with Gasteiger partial charge in [0.25, 0.3) is 0 Å². The number of rotatable bonds is 7. The number of halogens is 1. The normalized spacial score (nSPS) is 11.0. The zero-order valence-corrected chi connectivity index (χ0v) is 12.7. The molecular formula is C14H22BrNO2. The van der Waals surface area contributed by atoms with E-state index < -0.39 is 0 Å². The molecule has 0 unspecified atom stereocenters. The Bertz CT molecular complexity index is 367. The molecule has 0 radical (unpaired) electrons. The molecule has 1 aromatic rings. The first-order valence-corrected chi connectivity index (χ1v) is 7.23. The van der Waals surface area contributed by atoms with Crippen LogP contribution in [0.25, 0.3) is 0 Å². The van der Waals surface area contributed by atoms with Gasteiger partial charge in [0, 0.05) is 28.3 Å². The highest BCUT2D eigenvalue weighted by Crippen LogP contribution is 2.28. The third kappa shape index (κ3) is 3.70. The molecular weight excluding hydrogens is 294 g/mol. The number of anilines is 1. The highest BCUT2D eigenvalue weighted by molar-refractivity contribution is 9.10. The van der Waals surface area contributed by atoms with E-state index in [4.69, 9.17) is 0 Å². The molecule has 0 spiro atoms. The van der Waals surface area contributed by atoms with E-state index in [9.17, 15) is 10.2 Å². The fourth-order valence-corrected chi connectivity index (χ4v) is 2.62. The summed E-state index contributed by atoms with van der Waals surface area (Å²) in [5.41, 5.74) is 1.91. The van der Waals surface area contributed by atoms with Crippen molar-refractivity contribution >= 4 is 21.6 Å². The maximum Gasteiger partial charge on any atom is 0.0702 e. The maximum absolute atomic E-state index is 9.45. The molecule has 0 amide bonds. The zero-order chi connectivity index (χ0) is 13.5. The van der Waals surface area contributed by atoms with Crippen molar-refractivity contribution in [2.45, 2.75) is 39.3 Å². The standard InChI is InChI=1S/C14H22BrNO2/c1-3-13(4-2)16(7-8-17)14-9-12(15)6-5-11(14)10-18/h5-6,9,13,17-18H,3-4,7-8,10H2,1-2H3. The lowest BCUT2D eigenvalue weighted by atomic mass is 10.1. The lowest BCUT2D eigenvalue weighted by Gasteiger charge is -2.33. The monoisotopic (exact) mass is 315 g/mol. The van der Waals surface area contributed by atoms with E-state index in [0.29, 0.717) is 12.6 Å². The van der Waals surface area contributed by atoms with E-state index in [-0.39, 0.29) is 13.2 Å². The highest BCUT2D eigenvalue weighted by Gasteiger charge is 2.18. The predicted octanol–water partition coefficient (Wildman–Crippen LogP) is 2.93. The minimum atomic E-state index is 0.0185. The Balaban J connectivity index is 3.14. The number of hydrogen-bond donors (Lipinski definition) is 2. The van der Waals surface area contributed by atoms with E-state index >= 15 is 0 Å². The molecule has 2 N–H and O–H groups in total. The molecule has 0 aromatic heterocycles. The Labute approximate surface area is 118 Å². The van der Waals surface area contributed by atoms with Crippen LogP contribution in [0.1, 0.15) is 32.3 Å². The topological polar surface area (TPSA) is 43.7 Å². The number of benzene rings is 1. The summed E-state index contributed by atoms with van der Waals surface area (Å²) in [4.78, 5) is 2.19. The quantitative estimate of drug-likeness (QED) is 0.813. The van der Waals surface area contributed by atoms with Crippen LogP contribution in [0.15, 0.2) is 22.7 Å². The summed E-state index contributed by atoms with van der Waals surface area (Å²) in [5, 5.41) is 18.7. The van der Waals surface area contributed by atoms with E-state index in [1.807, 2.05) is 18.2 Å². The van der Waals surface area contributed by atoms with Crippen LogP contribution in [0.5, 0.6) is 0 Å². The minimum Gasteiger partial charge on any atom is -0.395 e. The van der Waals surface area contributed by atoms with Gasteiger partial charge in [0.2, 0.25) is 0 Å². The van der Waals surface area contributed by atoms with E-state index in [0.717, 1.165) is 28.6 Å². The van der Waals surface area contributed by atoms with Gasteiger partial charge in [-0.1, -0.05) is 35.8 Å². The third-order valence-electron chi connectivity index (χ3n) is 3.25. The van der Waals surface area contributed by atoms with Gasteiger partial charge in [-0.05, 0) is 25.0 Å². The summed E-state index contributed by atoms with van der Waals surface area (Å²) in [5.74, 6) is 0. The van der Waals surface area contributed by atoms with E-state index in [1.54, 1.807) is 0 Å². The number of aliphatic hydroxyl groups is 2. The number of nitrogens with zero attached hydrogens (tertiary/aromatic N) is 1. The van der Waals surface area contributed by atoms with Crippen LogP contribution in [-0.2, 0) is 6.61 Å². The molecule has 1 rings (SSSR count). The first kappa shape index (κ1) is 15.5. The molecule has 0 aliphatic carbocycles. The fourth-order valence-electron chi connectivity index (χ4n) is 2.27. The van der Waals surface area contributed by atoms with Gasteiger partial charge in [-0.3, -0.25) is 0 Å².